The van der Waals surface area contributed by atoms with Crippen LogP contribution in [-0.2, 0) is 13.7 Å². The van der Waals surface area contributed by atoms with Crippen molar-refractivity contribution in [2.24, 2.45) is 7.05 Å². The largest absolute Gasteiger partial charge is 0.473 e. The van der Waals surface area contributed by atoms with Crippen LogP contribution < -0.4 is 10.4 Å². The summed E-state index contributed by atoms with van der Waals surface area (Å²) in [6.07, 6.45) is 1.78. The smallest absolute Gasteiger partial charge is 0.368 e. The molecule has 3 aromatic heterocycles. The van der Waals surface area contributed by atoms with Gasteiger partial charge in [0.2, 0.25) is 5.88 Å². The first-order valence-electron chi connectivity index (χ1n) is 10.1. The Labute approximate surface area is 183 Å². The molecule has 158 valence electrons. The number of rotatable bonds is 5. The molecule has 5 rings (SSSR count). The first-order chi connectivity index (χ1) is 15.6. The molecule has 5 aromatic rings. The summed E-state index contributed by atoms with van der Waals surface area (Å²) in [5.74, 6) is 0.495. The van der Waals surface area contributed by atoms with Gasteiger partial charge in [-0.05, 0) is 53.2 Å². The number of benzene rings is 2. The highest BCUT2D eigenvalue weighted by molar-refractivity contribution is 5.83. The highest BCUT2D eigenvalue weighted by atomic mass is 16.5. The molecule has 0 N–H and O–H groups in total. The average molecular weight is 424 g/mol. The number of fused-ring (bicyclic) bond motifs is 1. The Hall–Kier alpha value is -4.33. The zero-order chi connectivity index (χ0) is 22.1. The molecule has 0 amide bonds. The average Bonchev–Trinajstić information content (AvgIpc) is 3.16. The van der Waals surface area contributed by atoms with Crippen LogP contribution >= 0.6 is 0 Å². The zero-order valence-corrected chi connectivity index (χ0v) is 17.6. The Balaban J connectivity index is 1.44. The number of hydrogen-bond donors (Lipinski definition) is 0. The number of pyridine rings is 2. The summed E-state index contributed by atoms with van der Waals surface area (Å²) >= 11 is 0. The van der Waals surface area contributed by atoms with Gasteiger partial charge in [0.1, 0.15) is 6.61 Å². The maximum absolute atomic E-state index is 12.3. The van der Waals surface area contributed by atoms with Gasteiger partial charge in [-0.2, -0.15) is 9.36 Å². The lowest BCUT2D eigenvalue weighted by Crippen LogP contribution is -2.23. The lowest BCUT2D eigenvalue weighted by atomic mass is 10.1. The minimum absolute atomic E-state index is 0.239. The number of nitrogens with zero attached hydrogens (tertiary/aromatic N) is 6. The van der Waals surface area contributed by atoms with Gasteiger partial charge in [-0.25, -0.2) is 9.78 Å². The molecule has 32 heavy (non-hydrogen) atoms. The first-order valence-corrected chi connectivity index (χ1v) is 10.1. The fourth-order valence-electron chi connectivity index (χ4n) is 3.57. The molecular weight excluding hydrogens is 404 g/mol. The highest BCUT2D eigenvalue weighted by Gasteiger charge is 2.14. The lowest BCUT2D eigenvalue weighted by molar-refractivity contribution is 0.293. The molecule has 0 spiro atoms. The van der Waals surface area contributed by atoms with E-state index in [1.54, 1.807) is 13.2 Å². The van der Waals surface area contributed by atoms with Crippen molar-refractivity contribution in [1.29, 1.82) is 0 Å². The van der Waals surface area contributed by atoms with E-state index in [0.717, 1.165) is 33.3 Å². The molecule has 0 saturated carbocycles. The molecule has 0 fully saturated rings. The molecule has 0 atom stereocenters. The molecule has 2 aromatic carbocycles. The SMILES string of the molecule is Cc1cccc(-n2nnn(C)c2=O)c1COc1cccc(-c2ccc3ncccc3c2)n1. The van der Waals surface area contributed by atoms with Crippen LogP contribution in [0.5, 0.6) is 5.88 Å². The van der Waals surface area contributed by atoms with Crippen molar-refractivity contribution < 1.29 is 4.74 Å². The molecule has 3 heterocycles. The fourth-order valence-corrected chi connectivity index (χ4v) is 3.57. The van der Waals surface area contributed by atoms with Crippen LogP contribution in [0.1, 0.15) is 11.1 Å². The van der Waals surface area contributed by atoms with Gasteiger partial charge in [-0.3, -0.25) is 4.98 Å². The summed E-state index contributed by atoms with van der Waals surface area (Å²) in [6, 6.07) is 21.3. The zero-order valence-electron chi connectivity index (χ0n) is 17.6. The maximum atomic E-state index is 12.3. The molecule has 0 saturated heterocycles. The number of aromatic nitrogens is 6. The van der Waals surface area contributed by atoms with E-state index in [1.807, 2.05) is 67.6 Å². The van der Waals surface area contributed by atoms with Gasteiger partial charge in [0.15, 0.2) is 0 Å². The standard InChI is InChI=1S/C24H20N6O2/c1-16-6-3-9-22(30-24(31)29(2)27-28-30)19(16)15-32-23-10-4-8-21(26-23)18-11-12-20-17(14-18)7-5-13-25-20/h3-14H,15H2,1-2H3. The summed E-state index contributed by atoms with van der Waals surface area (Å²) in [5, 5.41) is 8.82. The van der Waals surface area contributed by atoms with Crippen molar-refractivity contribution in [3.63, 3.8) is 0 Å². The molecule has 0 aliphatic rings. The van der Waals surface area contributed by atoms with E-state index in [4.69, 9.17) is 4.74 Å². The van der Waals surface area contributed by atoms with E-state index in [1.165, 1.54) is 9.36 Å². The number of ether oxygens (including phenoxy) is 1. The predicted molar refractivity (Wildman–Crippen MR) is 121 cm³/mol. The second-order valence-electron chi connectivity index (χ2n) is 7.43. The fraction of sp³-hybridized carbons (Fsp3) is 0.125. The third-order valence-corrected chi connectivity index (χ3v) is 5.32. The lowest BCUT2D eigenvalue weighted by Gasteiger charge is -2.13. The van der Waals surface area contributed by atoms with E-state index in [9.17, 15) is 4.79 Å². The van der Waals surface area contributed by atoms with Crippen molar-refractivity contribution in [3.05, 3.63) is 94.5 Å². The van der Waals surface area contributed by atoms with E-state index < -0.39 is 0 Å². The van der Waals surface area contributed by atoms with Crippen LogP contribution in [0.2, 0.25) is 0 Å². The summed E-state index contributed by atoms with van der Waals surface area (Å²) in [6.45, 7) is 2.21. The van der Waals surface area contributed by atoms with E-state index in [-0.39, 0.29) is 12.3 Å². The van der Waals surface area contributed by atoms with E-state index in [0.29, 0.717) is 11.6 Å². The third-order valence-electron chi connectivity index (χ3n) is 5.32. The molecule has 0 unspecified atom stereocenters. The molecule has 8 nitrogen and oxygen atoms in total. The van der Waals surface area contributed by atoms with Crippen LogP contribution in [0.25, 0.3) is 27.8 Å². The van der Waals surface area contributed by atoms with Crippen molar-refractivity contribution in [2.45, 2.75) is 13.5 Å². The monoisotopic (exact) mass is 424 g/mol. The third kappa shape index (κ3) is 3.62. The minimum Gasteiger partial charge on any atom is -0.473 e. The Bertz CT molecular complexity index is 1490. The van der Waals surface area contributed by atoms with Gasteiger partial charge in [0.05, 0.1) is 16.9 Å². The Morgan fingerprint density at radius 2 is 1.84 bits per heavy atom. The molecule has 8 heteroatoms. The van der Waals surface area contributed by atoms with Crippen LogP contribution in [0.15, 0.2) is 77.7 Å². The van der Waals surface area contributed by atoms with Crippen molar-refractivity contribution >= 4 is 10.9 Å². The highest BCUT2D eigenvalue weighted by Crippen LogP contribution is 2.25. The van der Waals surface area contributed by atoms with Crippen LogP contribution in [0.4, 0.5) is 0 Å². The van der Waals surface area contributed by atoms with Gasteiger partial charge < -0.3 is 4.74 Å². The topological polar surface area (TPSA) is 87.7 Å². The van der Waals surface area contributed by atoms with Crippen molar-refractivity contribution in [3.8, 4) is 22.8 Å². The normalized spacial score (nSPS) is 11.1. The molecular formula is C24H20N6O2. The quantitative estimate of drug-likeness (QED) is 0.429. The maximum Gasteiger partial charge on any atom is 0.368 e. The number of aryl methyl sites for hydroxylation is 2. The van der Waals surface area contributed by atoms with Gasteiger partial charge in [0, 0.05) is 35.8 Å². The predicted octanol–water partition coefficient (Wildman–Crippen LogP) is 3.46. The van der Waals surface area contributed by atoms with Gasteiger partial charge in [-0.15, -0.1) is 0 Å². The van der Waals surface area contributed by atoms with Crippen LogP contribution in [0, 0.1) is 6.92 Å². The summed E-state index contributed by atoms with van der Waals surface area (Å²) < 4.78 is 8.51. The molecule has 0 bridgehead atoms. The molecule has 0 aliphatic carbocycles. The van der Waals surface area contributed by atoms with Gasteiger partial charge in [0.25, 0.3) is 0 Å². The molecule has 0 radical (unpaired) electrons. The van der Waals surface area contributed by atoms with Crippen LogP contribution in [0.3, 0.4) is 0 Å². The van der Waals surface area contributed by atoms with E-state index >= 15 is 0 Å². The minimum atomic E-state index is -0.317. The Morgan fingerprint density at radius 1 is 0.969 bits per heavy atom. The Morgan fingerprint density at radius 3 is 2.69 bits per heavy atom. The van der Waals surface area contributed by atoms with Gasteiger partial charge in [-0.1, -0.05) is 30.3 Å². The Kier molecular flexibility index (Phi) is 4.95. The van der Waals surface area contributed by atoms with Gasteiger partial charge >= 0.3 is 5.69 Å². The molecule has 0 aliphatic heterocycles. The first kappa shape index (κ1) is 19.6. The van der Waals surface area contributed by atoms with Crippen molar-refractivity contribution in [1.82, 2.24) is 29.8 Å². The second-order valence-corrected chi connectivity index (χ2v) is 7.43. The second kappa shape index (κ2) is 8.07. The summed E-state index contributed by atoms with van der Waals surface area (Å²) in [4.78, 5) is 21.4. The summed E-state index contributed by atoms with van der Waals surface area (Å²) in [5.41, 5.74) is 4.89. The van der Waals surface area contributed by atoms with E-state index in [2.05, 4.69) is 26.5 Å². The summed E-state index contributed by atoms with van der Waals surface area (Å²) in [7, 11) is 1.57. The number of hydrogen-bond acceptors (Lipinski definition) is 6. The van der Waals surface area contributed by atoms with Crippen LogP contribution in [-0.4, -0.2) is 29.8 Å². The number of tetrazole rings is 1. The van der Waals surface area contributed by atoms with Crippen molar-refractivity contribution in [2.75, 3.05) is 0 Å².